The number of hydrogen-bond acceptors (Lipinski definition) is 7. The number of allylic oxidation sites excluding steroid dienone is 3. The Morgan fingerprint density at radius 2 is 2.12 bits per heavy atom. The number of nitrogens with one attached hydrogen (secondary N) is 2. The molecule has 0 saturated heterocycles. The average Bonchev–Trinajstić information content (AvgIpc) is 3.16. The van der Waals surface area contributed by atoms with Gasteiger partial charge in [0.25, 0.3) is 0 Å². The maximum atomic E-state index is 14.4. The van der Waals surface area contributed by atoms with Crippen LogP contribution in [0, 0.1) is 11.6 Å². The lowest BCUT2D eigenvalue weighted by Crippen LogP contribution is -2.30. The SMILES string of the molecule is Nc1nonc1-c1nc2ccc(F)c(F)c2n1CC1=CC=CNN1. The van der Waals surface area contributed by atoms with E-state index in [-0.39, 0.29) is 34.9 Å². The highest BCUT2D eigenvalue weighted by molar-refractivity contribution is 5.82. The Morgan fingerprint density at radius 3 is 2.83 bits per heavy atom. The molecule has 4 N–H and O–H groups in total. The van der Waals surface area contributed by atoms with E-state index in [0.717, 1.165) is 6.07 Å². The van der Waals surface area contributed by atoms with E-state index in [1.807, 2.05) is 0 Å². The van der Waals surface area contributed by atoms with Crippen LogP contribution < -0.4 is 16.6 Å². The molecule has 10 heteroatoms. The monoisotopic (exact) mass is 331 g/mol. The van der Waals surface area contributed by atoms with Gasteiger partial charge in [-0.1, -0.05) is 0 Å². The summed E-state index contributed by atoms with van der Waals surface area (Å²) < 4.78 is 34.1. The van der Waals surface area contributed by atoms with Crippen LogP contribution in [-0.4, -0.2) is 19.9 Å². The number of fused-ring (bicyclic) bond motifs is 1. The number of hydrogen-bond donors (Lipinski definition) is 3. The van der Waals surface area contributed by atoms with Crippen LogP contribution in [0.1, 0.15) is 0 Å². The summed E-state index contributed by atoms with van der Waals surface area (Å²) >= 11 is 0. The van der Waals surface area contributed by atoms with E-state index < -0.39 is 11.6 Å². The van der Waals surface area contributed by atoms with Crippen LogP contribution in [0.3, 0.4) is 0 Å². The van der Waals surface area contributed by atoms with Crippen LogP contribution in [0.2, 0.25) is 0 Å². The summed E-state index contributed by atoms with van der Waals surface area (Å²) in [5.74, 6) is -1.73. The topological polar surface area (TPSA) is 107 Å². The molecule has 4 rings (SSSR count). The molecule has 0 aliphatic carbocycles. The van der Waals surface area contributed by atoms with Crippen molar-refractivity contribution in [1.29, 1.82) is 0 Å². The second-order valence-electron chi connectivity index (χ2n) is 5.07. The summed E-state index contributed by atoms with van der Waals surface area (Å²) in [5, 5.41) is 7.21. The lowest BCUT2D eigenvalue weighted by molar-refractivity contribution is 0.310. The van der Waals surface area contributed by atoms with Gasteiger partial charge in [-0.25, -0.2) is 18.4 Å². The van der Waals surface area contributed by atoms with Gasteiger partial charge in [-0.05, 0) is 34.6 Å². The van der Waals surface area contributed by atoms with Crippen LogP contribution in [0.5, 0.6) is 0 Å². The van der Waals surface area contributed by atoms with Crippen molar-refractivity contribution in [2.75, 3.05) is 5.73 Å². The summed E-state index contributed by atoms with van der Waals surface area (Å²) in [5.41, 5.74) is 12.6. The number of aromatic nitrogens is 4. The zero-order valence-electron chi connectivity index (χ0n) is 12.1. The van der Waals surface area contributed by atoms with Crippen molar-refractivity contribution >= 4 is 16.9 Å². The molecular weight excluding hydrogens is 320 g/mol. The Hall–Kier alpha value is -3.43. The first-order chi connectivity index (χ1) is 11.6. The molecule has 0 atom stereocenters. The fourth-order valence-corrected chi connectivity index (χ4v) is 2.49. The lowest BCUT2D eigenvalue weighted by atomic mass is 10.2. The quantitative estimate of drug-likeness (QED) is 0.667. The number of rotatable bonds is 3. The molecule has 24 heavy (non-hydrogen) atoms. The number of benzene rings is 1. The molecule has 0 amide bonds. The number of halogens is 2. The van der Waals surface area contributed by atoms with Crippen molar-refractivity contribution in [3.05, 3.63) is 47.8 Å². The van der Waals surface area contributed by atoms with E-state index in [2.05, 4.69) is 30.8 Å². The van der Waals surface area contributed by atoms with E-state index in [4.69, 9.17) is 5.73 Å². The standard InChI is InChI=1S/C14H11F2N7O/c15-8-3-4-9-12(10(8)16)23(6-7-2-1-5-18-20-7)14(19-9)11-13(17)22-24-21-11/h1-5,18,20H,6H2,(H2,17,22). The molecule has 0 unspecified atom stereocenters. The van der Waals surface area contributed by atoms with E-state index in [1.165, 1.54) is 10.6 Å². The highest BCUT2D eigenvalue weighted by atomic mass is 19.2. The Bertz CT molecular complexity index is 989. The van der Waals surface area contributed by atoms with E-state index >= 15 is 0 Å². The average molecular weight is 331 g/mol. The third kappa shape index (κ3) is 2.16. The Morgan fingerprint density at radius 1 is 1.25 bits per heavy atom. The minimum absolute atomic E-state index is 0.00431. The molecule has 3 heterocycles. The smallest absolute Gasteiger partial charge is 0.199 e. The van der Waals surface area contributed by atoms with Crippen molar-refractivity contribution in [2.24, 2.45) is 0 Å². The number of nitrogen functional groups attached to an aromatic ring is 1. The first-order valence-electron chi connectivity index (χ1n) is 6.95. The number of hydrazine groups is 1. The van der Waals surface area contributed by atoms with E-state index in [9.17, 15) is 8.78 Å². The van der Waals surface area contributed by atoms with Gasteiger partial charge in [0.05, 0.1) is 17.8 Å². The number of imidazole rings is 1. The molecule has 0 fully saturated rings. The van der Waals surface area contributed by atoms with E-state index in [0.29, 0.717) is 5.70 Å². The normalized spacial score (nSPS) is 13.7. The van der Waals surface area contributed by atoms with Crippen LogP contribution >= 0.6 is 0 Å². The van der Waals surface area contributed by atoms with Gasteiger partial charge in [0.1, 0.15) is 5.52 Å². The summed E-state index contributed by atoms with van der Waals surface area (Å²) in [6, 6.07) is 2.41. The van der Waals surface area contributed by atoms with Crippen LogP contribution in [0.4, 0.5) is 14.6 Å². The fraction of sp³-hybridized carbons (Fsp3) is 0.0714. The van der Waals surface area contributed by atoms with Crippen LogP contribution in [0.25, 0.3) is 22.6 Å². The molecule has 0 saturated carbocycles. The summed E-state index contributed by atoms with van der Waals surface area (Å²) in [4.78, 5) is 4.30. The van der Waals surface area contributed by atoms with Crippen molar-refractivity contribution in [1.82, 2.24) is 30.7 Å². The molecular formula is C14H11F2N7O. The van der Waals surface area contributed by atoms with Gasteiger partial charge in [-0.15, -0.1) is 0 Å². The minimum Gasteiger partial charge on any atom is -0.379 e. The minimum atomic E-state index is -0.999. The highest BCUT2D eigenvalue weighted by Crippen LogP contribution is 2.29. The highest BCUT2D eigenvalue weighted by Gasteiger charge is 2.23. The van der Waals surface area contributed by atoms with Gasteiger partial charge in [0.2, 0.25) is 0 Å². The summed E-state index contributed by atoms with van der Waals surface area (Å²) in [7, 11) is 0. The van der Waals surface area contributed by atoms with Crippen molar-refractivity contribution in [2.45, 2.75) is 6.54 Å². The molecule has 2 aromatic heterocycles. The van der Waals surface area contributed by atoms with Crippen LogP contribution in [0.15, 0.2) is 40.8 Å². The van der Waals surface area contributed by atoms with Gasteiger partial charge in [0.15, 0.2) is 29.0 Å². The predicted octanol–water partition coefficient (Wildman–Crippen LogP) is 1.45. The second-order valence-corrected chi connectivity index (χ2v) is 5.07. The summed E-state index contributed by atoms with van der Waals surface area (Å²) in [6.45, 7) is 0.176. The number of nitrogens with two attached hydrogens (primary N) is 1. The maximum Gasteiger partial charge on any atom is 0.199 e. The Kier molecular flexibility index (Phi) is 3.15. The molecule has 1 aromatic carbocycles. The van der Waals surface area contributed by atoms with Gasteiger partial charge in [0, 0.05) is 6.20 Å². The van der Waals surface area contributed by atoms with Gasteiger partial charge in [-0.3, -0.25) is 0 Å². The first-order valence-corrected chi connectivity index (χ1v) is 6.95. The number of anilines is 1. The molecule has 8 nitrogen and oxygen atoms in total. The van der Waals surface area contributed by atoms with Crippen LogP contribution in [-0.2, 0) is 6.54 Å². The zero-order chi connectivity index (χ0) is 16.7. The molecule has 0 radical (unpaired) electrons. The van der Waals surface area contributed by atoms with Gasteiger partial charge in [-0.2, -0.15) is 0 Å². The maximum absolute atomic E-state index is 14.4. The van der Waals surface area contributed by atoms with E-state index in [1.54, 1.807) is 18.4 Å². The third-order valence-electron chi connectivity index (χ3n) is 3.56. The fourth-order valence-electron chi connectivity index (χ4n) is 2.49. The summed E-state index contributed by atoms with van der Waals surface area (Å²) in [6.07, 6.45) is 5.25. The molecule has 1 aliphatic heterocycles. The van der Waals surface area contributed by atoms with Crippen molar-refractivity contribution in [3.8, 4) is 11.5 Å². The third-order valence-corrected chi connectivity index (χ3v) is 3.56. The molecule has 122 valence electrons. The van der Waals surface area contributed by atoms with Crippen molar-refractivity contribution in [3.63, 3.8) is 0 Å². The number of nitrogens with zero attached hydrogens (tertiary/aromatic N) is 4. The van der Waals surface area contributed by atoms with Gasteiger partial charge >= 0.3 is 0 Å². The largest absolute Gasteiger partial charge is 0.379 e. The lowest BCUT2D eigenvalue weighted by Gasteiger charge is -2.16. The Labute approximate surface area is 133 Å². The molecule has 3 aromatic rings. The Balaban J connectivity index is 1.96. The molecule has 0 bridgehead atoms. The first kappa shape index (κ1) is 14.2. The zero-order valence-corrected chi connectivity index (χ0v) is 12.1. The molecule has 0 spiro atoms. The van der Waals surface area contributed by atoms with Crippen molar-refractivity contribution < 1.29 is 13.4 Å². The predicted molar refractivity (Wildman–Crippen MR) is 80.8 cm³/mol. The van der Waals surface area contributed by atoms with Gasteiger partial charge < -0.3 is 21.2 Å². The second kappa shape index (κ2) is 5.33. The molecule has 1 aliphatic rings.